The van der Waals surface area contributed by atoms with E-state index in [1.165, 1.54) is 0 Å². The highest BCUT2D eigenvalue weighted by Gasteiger charge is 2.39. The molecule has 0 amide bonds. The molecule has 0 N–H and O–H groups in total. The van der Waals surface area contributed by atoms with Crippen molar-refractivity contribution in [3.05, 3.63) is 0 Å². The smallest absolute Gasteiger partial charge is 0.312 e. The van der Waals surface area contributed by atoms with E-state index in [0.29, 0.717) is 32.8 Å². The summed E-state index contributed by atoms with van der Waals surface area (Å²) in [5.74, 6) is -0.652. The van der Waals surface area contributed by atoms with Crippen molar-refractivity contribution in [3.63, 3.8) is 0 Å². The van der Waals surface area contributed by atoms with Gasteiger partial charge < -0.3 is 18.1 Å². The summed E-state index contributed by atoms with van der Waals surface area (Å²) in [6.45, 7) is 12.4. The second-order valence-corrected chi connectivity index (χ2v) is 10.2. The SMILES string of the molecule is CCCCOP(OCCCC)OC(CCC)P(=O)(OCCCC)OCCCC. The molecular formula is C20H44O6P2. The molecule has 28 heavy (non-hydrogen) atoms. The monoisotopic (exact) mass is 442 g/mol. The van der Waals surface area contributed by atoms with Crippen molar-refractivity contribution >= 4 is 16.2 Å². The second kappa shape index (κ2) is 19.4. The lowest BCUT2D eigenvalue weighted by atomic mass is 10.4. The van der Waals surface area contributed by atoms with Crippen LogP contribution >= 0.6 is 16.2 Å². The van der Waals surface area contributed by atoms with Crippen molar-refractivity contribution < 1.29 is 27.2 Å². The lowest BCUT2D eigenvalue weighted by Crippen LogP contribution is -2.17. The standard InChI is InChI=1S/C20H44O6P2/c1-6-11-16-22-27(23-17-12-7-2)26-20(15-10-5)28(21,24-18-13-8-3)25-19-14-9-4/h20H,6-19H2,1-5H3. The van der Waals surface area contributed by atoms with Gasteiger partial charge in [-0.15, -0.1) is 0 Å². The molecule has 0 aliphatic heterocycles. The third-order valence-corrected chi connectivity index (χ3v) is 7.56. The van der Waals surface area contributed by atoms with Gasteiger partial charge in [0, 0.05) is 0 Å². The summed E-state index contributed by atoms with van der Waals surface area (Å²) < 4.78 is 43.0. The first kappa shape index (κ1) is 28.5. The molecule has 0 aromatic carbocycles. The molecular weight excluding hydrogens is 398 g/mol. The molecule has 170 valence electrons. The summed E-state index contributed by atoms with van der Waals surface area (Å²) in [4.78, 5) is 0. The van der Waals surface area contributed by atoms with Crippen molar-refractivity contribution in [2.24, 2.45) is 0 Å². The molecule has 0 aliphatic rings. The van der Waals surface area contributed by atoms with Gasteiger partial charge in [0.25, 0.3) is 0 Å². The highest BCUT2D eigenvalue weighted by atomic mass is 31.2. The fraction of sp³-hybridized carbons (Fsp3) is 1.00. The van der Waals surface area contributed by atoms with E-state index in [4.69, 9.17) is 22.6 Å². The van der Waals surface area contributed by atoms with E-state index < -0.39 is 22.0 Å². The van der Waals surface area contributed by atoms with Crippen molar-refractivity contribution in [1.82, 2.24) is 0 Å². The van der Waals surface area contributed by atoms with Crippen LogP contribution in [0.5, 0.6) is 0 Å². The Balaban J connectivity index is 5.15. The van der Waals surface area contributed by atoms with Crippen LogP contribution in [0.2, 0.25) is 0 Å². The molecule has 0 aromatic rings. The van der Waals surface area contributed by atoms with Crippen molar-refractivity contribution in [3.8, 4) is 0 Å². The van der Waals surface area contributed by atoms with Crippen LogP contribution < -0.4 is 0 Å². The first-order chi connectivity index (χ1) is 13.6. The Morgan fingerprint density at radius 2 is 1.11 bits per heavy atom. The molecule has 1 atom stereocenters. The molecule has 6 nitrogen and oxygen atoms in total. The maximum atomic E-state index is 13.6. The summed E-state index contributed by atoms with van der Waals surface area (Å²) >= 11 is 0. The summed E-state index contributed by atoms with van der Waals surface area (Å²) in [5.41, 5.74) is 0. The Hall–Kier alpha value is 0.460. The summed E-state index contributed by atoms with van der Waals surface area (Å²) in [6.07, 6.45) is 8.99. The molecule has 0 rings (SSSR count). The van der Waals surface area contributed by atoms with Gasteiger partial charge in [-0.05, 0) is 32.1 Å². The third-order valence-electron chi connectivity index (χ3n) is 4.02. The Bertz CT molecular complexity index is 360. The predicted molar refractivity (Wildman–Crippen MR) is 118 cm³/mol. The van der Waals surface area contributed by atoms with Crippen LogP contribution in [0.1, 0.15) is 98.8 Å². The average molecular weight is 443 g/mol. The van der Waals surface area contributed by atoms with Crippen LogP contribution in [-0.2, 0) is 27.2 Å². The third kappa shape index (κ3) is 13.6. The van der Waals surface area contributed by atoms with E-state index in [0.717, 1.165) is 57.8 Å². The Morgan fingerprint density at radius 1 is 0.679 bits per heavy atom. The fourth-order valence-corrected chi connectivity index (χ4v) is 5.65. The molecule has 0 fully saturated rings. The molecule has 0 heterocycles. The van der Waals surface area contributed by atoms with Gasteiger partial charge in [-0.1, -0.05) is 66.7 Å². The molecule has 0 radical (unpaired) electrons. The Labute approximate surface area is 174 Å². The minimum Gasteiger partial charge on any atom is -0.312 e. The lowest BCUT2D eigenvalue weighted by Gasteiger charge is -2.29. The maximum Gasteiger partial charge on any atom is 0.359 e. The fourth-order valence-electron chi connectivity index (χ4n) is 2.16. The highest BCUT2D eigenvalue weighted by Crippen LogP contribution is 2.59. The molecule has 0 bridgehead atoms. The molecule has 0 spiro atoms. The first-order valence-electron chi connectivity index (χ1n) is 11.2. The van der Waals surface area contributed by atoms with E-state index in [2.05, 4.69) is 27.7 Å². The highest BCUT2D eigenvalue weighted by molar-refractivity contribution is 7.55. The average Bonchev–Trinajstić information content (AvgIpc) is 2.68. The zero-order valence-electron chi connectivity index (χ0n) is 18.8. The topological polar surface area (TPSA) is 63.2 Å². The maximum absolute atomic E-state index is 13.6. The van der Waals surface area contributed by atoms with E-state index >= 15 is 0 Å². The van der Waals surface area contributed by atoms with Gasteiger partial charge in [0.1, 0.15) is 0 Å². The van der Waals surface area contributed by atoms with E-state index in [9.17, 15) is 4.57 Å². The summed E-state index contributed by atoms with van der Waals surface area (Å²) in [5, 5.41) is 0. The van der Waals surface area contributed by atoms with Gasteiger partial charge in [0.2, 0.25) is 0 Å². The quantitative estimate of drug-likeness (QED) is 0.133. The normalized spacial score (nSPS) is 13.4. The number of unbranched alkanes of at least 4 members (excludes halogenated alkanes) is 4. The van der Waals surface area contributed by atoms with E-state index in [-0.39, 0.29) is 0 Å². The Kier molecular flexibility index (Phi) is 19.7. The van der Waals surface area contributed by atoms with Crippen LogP contribution in [0.25, 0.3) is 0 Å². The van der Waals surface area contributed by atoms with Crippen molar-refractivity contribution in [2.75, 3.05) is 26.4 Å². The minimum atomic E-state index is -3.40. The zero-order valence-corrected chi connectivity index (χ0v) is 20.6. The van der Waals surface area contributed by atoms with Gasteiger partial charge in [-0.25, -0.2) is 0 Å². The van der Waals surface area contributed by atoms with Gasteiger partial charge in [-0.2, -0.15) is 0 Å². The van der Waals surface area contributed by atoms with Gasteiger partial charge in [0.05, 0.1) is 26.4 Å². The molecule has 0 saturated heterocycles. The van der Waals surface area contributed by atoms with Crippen LogP contribution in [0.15, 0.2) is 0 Å². The van der Waals surface area contributed by atoms with Crippen LogP contribution in [-0.4, -0.2) is 32.3 Å². The second-order valence-electron chi connectivity index (χ2n) is 6.86. The number of rotatable bonds is 21. The van der Waals surface area contributed by atoms with Crippen molar-refractivity contribution in [2.45, 2.75) is 105 Å². The van der Waals surface area contributed by atoms with E-state index in [1.807, 2.05) is 6.92 Å². The largest absolute Gasteiger partial charge is 0.359 e. The summed E-state index contributed by atoms with van der Waals surface area (Å²) in [6, 6.07) is 0. The number of hydrogen-bond acceptors (Lipinski definition) is 6. The van der Waals surface area contributed by atoms with Gasteiger partial charge in [-0.3, -0.25) is 9.09 Å². The molecule has 1 unspecified atom stereocenters. The Morgan fingerprint density at radius 3 is 1.50 bits per heavy atom. The molecule has 0 aromatic heterocycles. The molecule has 0 aliphatic carbocycles. The predicted octanol–water partition coefficient (Wildman–Crippen LogP) is 7.82. The van der Waals surface area contributed by atoms with Gasteiger partial charge >= 0.3 is 16.2 Å². The number of hydrogen-bond donors (Lipinski definition) is 0. The van der Waals surface area contributed by atoms with Gasteiger partial charge in [0.15, 0.2) is 5.85 Å². The summed E-state index contributed by atoms with van der Waals surface area (Å²) in [7, 11) is -4.97. The van der Waals surface area contributed by atoms with Crippen molar-refractivity contribution in [1.29, 1.82) is 0 Å². The van der Waals surface area contributed by atoms with Crippen LogP contribution in [0.3, 0.4) is 0 Å². The lowest BCUT2D eigenvalue weighted by molar-refractivity contribution is 0.108. The van der Waals surface area contributed by atoms with Crippen LogP contribution in [0, 0.1) is 0 Å². The molecule has 8 heteroatoms. The van der Waals surface area contributed by atoms with E-state index in [1.54, 1.807) is 0 Å². The zero-order chi connectivity index (χ0) is 21.1. The van der Waals surface area contributed by atoms with Crippen LogP contribution in [0.4, 0.5) is 0 Å². The minimum absolute atomic E-state index is 0.411. The molecule has 0 saturated carbocycles. The first-order valence-corrected chi connectivity index (χ1v) is 13.9.